The molecule has 0 spiro atoms. The molecule has 2 fully saturated rings. The zero-order valence-electron chi connectivity index (χ0n) is 13.8. The van der Waals surface area contributed by atoms with Gasteiger partial charge in [0.1, 0.15) is 6.04 Å². The van der Waals surface area contributed by atoms with Crippen LogP contribution in [0.3, 0.4) is 0 Å². The number of hydrogen-bond acceptors (Lipinski definition) is 3. The number of hydrogen-bond donors (Lipinski definition) is 1. The Morgan fingerprint density at radius 2 is 2.04 bits per heavy atom. The van der Waals surface area contributed by atoms with Crippen molar-refractivity contribution in [3.63, 3.8) is 0 Å². The van der Waals surface area contributed by atoms with Crippen molar-refractivity contribution in [2.45, 2.75) is 64.1 Å². The SMILES string of the molecule is CC(=O)N[C@@H](C(=O)N1CCC[C@H]1Cn1cccn1)C1CCCC1. The van der Waals surface area contributed by atoms with Crippen molar-refractivity contribution < 1.29 is 9.59 Å². The highest BCUT2D eigenvalue weighted by atomic mass is 16.2. The van der Waals surface area contributed by atoms with Crippen molar-refractivity contribution in [3.05, 3.63) is 18.5 Å². The van der Waals surface area contributed by atoms with E-state index in [4.69, 9.17) is 0 Å². The van der Waals surface area contributed by atoms with Crippen molar-refractivity contribution in [2.24, 2.45) is 5.92 Å². The zero-order chi connectivity index (χ0) is 16.2. The molecule has 0 bridgehead atoms. The fourth-order valence-electron chi connectivity index (χ4n) is 4.01. The molecular formula is C17H26N4O2. The topological polar surface area (TPSA) is 67.2 Å². The monoisotopic (exact) mass is 318 g/mol. The Morgan fingerprint density at radius 3 is 2.70 bits per heavy atom. The number of carbonyl (C=O) groups is 2. The lowest BCUT2D eigenvalue weighted by molar-refractivity contribution is -0.138. The summed E-state index contributed by atoms with van der Waals surface area (Å²) in [6.45, 7) is 3.02. The summed E-state index contributed by atoms with van der Waals surface area (Å²) in [5, 5.41) is 7.18. The lowest BCUT2D eigenvalue weighted by atomic mass is 9.96. The van der Waals surface area contributed by atoms with Crippen LogP contribution in [0.5, 0.6) is 0 Å². The third-order valence-corrected chi connectivity index (χ3v) is 5.11. The molecule has 1 N–H and O–H groups in total. The van der Waals surface area contributed by atoms with E-state index in [0.717, 1.165) is 51.6 Å². The average Bonchev–Trinajstić information content (AvgIpc) is 3.26. The van der Waals surface area contributed by atoms with Gasteiger partial charge in [-0.15, -0.1) is 0 Å². The van der Waals surface area contributed by atoms with Crippen LogP contribution in [-0.2, 0) is 16.1 Å². The van der Waals surface area contributed by atoms with Gasteiger partial charge in [-0.2, -0.15) is 5.10 Å². The summed E-state index contributed by atoms with van der Waals surface area (Å²) < 4.78 is 1.89. The summed E-state index contributed by atoms with van der Waals surface area (Å²) in [4.78, 5) is 26.6. The molecule has 1 aliphatic heterocycles. The van der Waals surface area contributed by atoms with E-state index < -0.39 is 0 Å². The third-order valence-electron chi connectivity index (χ3n) is 5.11. The van der Waals surface area contributed by atoms with Gasteiger partial charge in [-0.25, -0.2) is 0 Å². The summed E-state index contributed by atoms with van der Waals surface area (Å²) in [5.41, 5.74) is 0. The molecule has 0 radical (unpaired) electrons. The predicted octanol–water partition coefficient (Wildman–Crippen LogP) is 1.57. The number of nitrogens with one attached hydrogen (secondary N) is 1. The first kappa shape index (κ1) is 16.0. The minimum absolute atomic E-state index is 0.0988. The van der Waals surface area contributed by atoms with Gasteiger partial charge in [0, 0.05) is 25.9 Å². The van der Waals surface area contributed by atoms with E-state index in [2.05, 4.69) is 10.4 Å². The van der Waals surface area contributed by atoms with Crippen LogP contribution < -0.4 is 5.32 Å². The molecule has 6 heteroatoms. The molecule has 1 aliphatic carbocycles. The van der Waals surface area contributed by atoms with Crippen molar-refractivity contribution in [1.29, 1.82) is 0 Å². The van der Waals surface area contributed by atoms with Gasteiger partial charge < -0.3 is 10.2 Å². The van der Waals surface area contributed by atoms with Gasteiger partial charge >= 0.3 is 0 Å². The van der Waals surface area contributed by atoms with E-state index in [1.807, 2.05) is 21.8 Å². The minimum atomic E-state index is -0.353. The maximum Gasteiger partial charge on any atom is 0.245 e. The van der Waals surface area contributed by atoms with Gasteiger partial charge in [0.25, 0.3) is 0 Å². The Bertz CT molecular complexity index is 537. The Morgan fingerprint density at radius 1 is 1.26 bits per heavy atom. The van der Waals surface area contributed by atoms with Gasteiger partial charge in [0.2, 0.25) is 11.8 Å². The second kappa shape index (κ2) is 7.15. The molecule has 2 aliphatic rings. The summed E-state index contributed by atoms with van der Waals surface area (Å²) in [5.74, 6) is 0.275. The lowest BCUT2D eigenvalue weighted by Gasteiger charge is -2.31. The maximum absolute atomic E-state index is 13.1. The third kappa shape index (κ3) is 3.74. The molecule has 1 aromatic heterocycles. The van der Waals surface area contributed by atoms with Crippen molar-refractivity contribution in [2.75, 3.05) is 6.54 Å². The summed E-state index contributed by atoms with van der Waals surface area (Å²) in [7, 11) is 0. The highest BCUT2D eigenvalue weighted by Gasteiger charge is 2.38. The molecule has 2 atom stereocenters. The summed E-state index contributed by atoms with van der Waals surface area (Å²) in [6, 6.07) is 1.73. The smallest absolute Gasteiger partial charge is 0.245 e. The van der Waals surface area contributed by atoms with E-state index in [1.165, 1.54) is 6.92 Å². The van der Waals surface area contributed by atoms with Gasteiger partial charge in [-0.1, -0.05) is 12.8 Å². The Balaban J connectivity index is 1.70. The number of carbonyl (C=O) groups excluding carboxylic acids is 2. The van der Waals surface area contributed by atoms with Crippen LogP contribution in [0.1, 0.15) is 45.4 Å². The first-order valence-corrected chi connectivity index (χ1v) is 8.70. The summed E-state index contributed by atoms with van der Waals surface area (Å²) >= 11 is 0. The van der Waals surface area contributed by atoms with Gasteiger partial charge in [0.15, 0.2) is 0 Å². The minimum Gasteiger partial charge on any atom is -0.344 e. The molecule has 2 amide bonds. The first-order chi connectivity index (χ1) is 11.1. The quantitative estimate of drug-likeness (QED) is 0.896. The van der Waals surface area contributed by atoms with Crippen LogP contribution in [0.2, 0.25) is 0 Å². The van der Waals surface area contributed by atoms with Crippen LogP contribution >= 0.6 is 0 Å². The Kier molecular flexibility index (Phi) is 4.98. The van der Waals surface area contributed by atoms with Crippen molar-refractivity contribution in [1.82, 2.24) is 20.0 Å². The summed E-state index contributed by atoms with van der Waals surface area (Å²) in [6.07, 6.45) is 10.1. The van der Waals surface area contributed by atoms with Gasteiger partial charge in [0.05, 0.1) is 12.6 Å². The Hall–Kier alpha value is -1.85. The first-order valence-electron chi connectivity index (χ1n) is 8.70. The molecule has 0 aromatic carbocycles. The highest BCUT2D eigenvalue weighted by molar-refractivity contribution is 5.87. The standard InChI is InChI=1S/C17H26N4O2/c1-13(22)19-16(14-6-2-3-7-14)17(23)21-11-4-8-15(21)12-20-10-5-9-18-20/h5,9-10,14-16H,2-4,6-8,11-12H2,1H3,(H,19,22)/t15-,16+/m0/s1. The molecule has 0 unspecified atom stereocenters. The Labute approximate surface area is 137 Å². The maximum atomic E-state index is 13.1. The molecule has 126 valence electrons. The van der Waals surface area contributed by atoms with Crippen LogP contribution in [0.4, 0.5) is 0 Å². The number of amides is 2. The molecule has 1 saturated heterocycles. The van der Waals surface area contributed by atoms with Gasteiger partial charge in [-0.05, 0) is 37.7 Å². The number of nitrogens with zero attached hydrogens (tertiary/aromatic N) is 3. The normalized spacial score (nSPS) is 23.2. The van der Waals surface area contributed by atoms with Crippen LogP contribution in [-0.4, -0.2) is 45.1 Å². The molecule has 23 heavy (non-hydrogen) atoms. The van der Waals surface area contributed by atoms with E-state index in [9.17, 15) is 9.59 Å². The average molecular weight is 318 g/mol. The van der Waals surface area contributed by atoms with E-state index in [1.54, 1.807) is 6.20 Å². The van der Waals surface area contributed by atoms with E-state index >= 15 is 0 Å². The van der Waals surface area contributed by atoms with Crippen LogP contribution in [0.25, 0.3) is 0 Å². The lowest BCUT2D eigenvalue weighted by Crippen LogP contribution is -2.53. The molecule has 1 aromatic rings. The number of rotatable bonds is 5. The fraction of sp³-hybridized carbons (Fsp3) is 0.706. The molecule has 1 saturated carbocycles. The number of aromatic nitrogens is 2. The molecule has 2 heterocycles. The van der Waals surface area contributed by atoms with Gasteiger partial charge in [-0.3, -0.25) is 14.3 Å². The molecule has 6 nitrogen and oxygen atoms in total. The zero-order valence-corrected chi connectivity index (χ0v) is 13.8. The van der Waals surface area contributed by atoms with Crippen LogP contribution in [0, 0.1) is 5.92 Å². The predicted molar refractivity (Wildman–Crippen MR) is 86.5 cm³/mol. The second-order valence-electron chi connectivity index (χ2n) is 6.78. The van der Waals surface area contributed by atoms with Crippen molar-refractivity contribution >= 4 is 11.8 Å². The van der Waals surface area contributed by atoms with E-state index in [-0.39, 0.29) is 29.8 Å². The van der Waals surface area contributed by atoms with Crippen LogP contribution in [0.15, 0.2) is 18.5 Å². The van der Waals surface area contributed by atoms with Crippen molar-refractivity contribution in [3.8, 4) is 0 Å². The molecule has 3 rings (SSSR count). The highest BCUT2D eigenvalue weighted by Crippen LogP contribution is 2.30. The second-order valence-corrected chi connectivity index (χ2v) is 6.78. The largest absolute Gasteiger partial charge is 0.344 e. The van der Waals surface area contributed by atoms with E-state index in [0.29, 0.717) is 0 Å². The fourth-order valence-corrected chi connectivity index (χ4v) is 4.01. The molecular weight excluding hydrogens is 292 g/mol. The number of likely N-dealkylation sites (tertiary alicyclic amines) is 1.